The average molecular weight is 481 g/mol. The number of carbonyl (C=O) groups excluding carboxylic acids is 2. The van der Waals surface area contributed by atoms with Crippen LogP contribution in [0.2, 0.25) is 0 Å². The molecule has 2 N–H and O–H groups in total. The Hall–Kier alpha value is -3.68. The van der Waals surface area contributed by atoms with Gasteiger partial charge in [-0.3, -0.25) is 9.59 Å². The van der Waals surface area contributed by atoms with Crippen molar-refractivity contribution >= 4 is 39.3 Å². The summed E-state index contributed by atoms with van der Waals surface area (Å²) in [5.41, 5.74) is 2.55. The third-order valence-corrected chi connectivity index (χ3v) is 6.79. The number of pyridine rings is 1. The minimum Gasteiger partial charge on any atom is -0.326 e. The minimum absolute atomic E-state index is 0.0836. The van der Waals surface area contributed by atoms with Gasteiger partial charge < -0.3 is 5.32 Å². The number of hydrogen-bond donors (Lipinski definition) is 2. The Kier molecular flexibility index (Phi) is 7.82. The highest BCUT2D eigenvalue weighted by Crippen LogP contribution is 2.26. The minimum atomic E-state index is -3.93. The maximum absolute atomic E-state index is 12.3. The van der Waals surface area contributed by atoms with E-state index in [-0.39, 0.29) is 17.2 Å². The van der Waals surface area contributed by atoms with Crippen molar-refractivity contribution in [2.75, 3.05) is 11.1 Å². The van der Waals surface area contributed by atoms with E-state index in [0.717, 1.165) is 18.2 Å². The van der Waals surface area contributed by atoms with Gasteiger partial charge in [-0.2, -0.15) is 5.26 Å². The molecule has 33 heavy (non-hydrogen) atoms. The molecule has 1 heterocycles. The molecule has 0 atom stereocenters. The molecule has 10 heteroatoms. The molecule has 0 aliphatic carbocycles. The SMILES string of the molecule is CC(=O)NS(=O)(=O)c1ccc(NC(=O)CCSc2nc(-c3ccccc3)ccc2C#N)cc1. The molecule has 0 bridgehead atoms. The number of rotatable bonds is 8. The van der Waals surface area contributed by atoms with Crippen LogP contribution in [0.5, 0.6) is 0 Å². The van der Waals surface area contributed by atoms with Crippen LogP contribution in [0, 0.1) is 11.3 Å². The van der Waals surface area contributed by atoms with E-state index in [0.29, 0.717) is 22.0 Å². The summed E-state index contributed by atoms with van der Waals surface area (Å²) in [7, 11) is -3.93. The zero-order chi connectivity index (χ0) is 23.8. The number of carbonyl (C=O) groups is 2. The average Bonchev–Trinajstić information content (AvgIpc) is 2.79. The molecule has 2 amide bonds. The Morgan fingerprint density at radius 3 is 2.36 bits per heavy atom. The van der Waals surface area contributed by atoms with Gasteiger partial charge in [0.2, 0.25) is 11.8 Å². The molecule has 3 aromatic rings. The second-order valence-corrected chi connectivity index (χ2v) is 9.63. The Morgan fingerprint density at radius 1 is 1.03 bits per heavy atom. The van der Waals surface area contributed by atoms with E-state index in [9.17, 15) is 23.3 Å². The second-order valence-electron chi connectivity index (χ2n) is 6.86. The van der Waals surface area contributed by atoms with Crippen LogP contribution in [-0.2, 0) is 19.6 Å². The highest BCUT2D eigenvalue weighted by Gasteiger charge is 2.15. The molecule has 0 spiro atoms. The van der Waals surface area contributed by atoms with E-state index in [1.54, 1.807) is 12.1 Å². The molecule has 0 saturated heterocycles. The fourth-order valence-electron chi connectivity index (χ4n) is 2.83. The van der Waals surface area contributed by atoms with Gasteiger partial charge in [0, 0.05) is 30.3 Å². The summed E-state index contributed by atoms with van der Waals surface area (Å²) in [6.07, 6.45) is 0.165. The van der Waals surface area contributed by atoms with Crippen molar-refractivity contribution in [2.24, 2.45) is 0 Å². The van der Waals surface area contributed by atoms with E-state index in [1.165, 1.54) is 36.0 Å². The van der Waals surface area contributed by atoms with Crippen molar-refractivity contribution in [1.29, 1.82) is 5.26 Å². The first-order chi connectivity index (χ1) is 15.8. The number of hydrogen-bond acceptors (Lipinski definition) is 7. The normalized spacial score (nSPS) is 10.8. The van der Waals surface area contributed by atoms with Gasteiger partial charge in [0.05, 0.1) is 16.2 Å². The molecule has 0 aliphatic heterocycles. The van der Waals surface area contributed by atoms with Crippen LogP contribution in [0.3, 0.4) is 0 Å². The van der Waals surface area contributed by atoms with E-state index in [4.69, 9.17) is 0 Å². The lowest BCUT2D eigenvalue weighted by Gasteiger charge is -2.09. The topological polar surface area (TPSA) is 129 Å². The molecular formula is C23H20N4O4S2. The number of nitrogens with zero attached hydrogens (tertiary/aromatic N) is 2. The number of nitrogens with one attached hydrogen (secondary N) is 2. The third kappa shape index (κ3) is 6.65. The van der Waals surface area contributed by atoms with Crippen LogP contribution in [0.1, 0.15) is 18.9 Å². The molecule has 0 fully saturated rings. The van der Waals surface area contributed by atoms with Crippen LogP contribution in [0.25, 0.3) is 11.3 Å². The first-order valence-electron chi connectivity index (χ1n) is 9.81. The molecule has 2 aromatic carbocycles. The van der Waals surface area contributed by atoms with Crippen molar-refractivity contribution in [1.82, 2.24) is 9.71 Å². The molecule has 0 radical (unpaired) electrons. The number of thioether (sulfide) groups is 1. The monoisotopic (exact) mass is 480 g/mol. The molecule has 0 aliphatic rings. The molecule has 1 aromatic heterocycles. The lowest BCUT2D eigenvalue weighted by Crippen LogP contribution is -2.28. The fourth-order valence-corrected chi connectivity index (χ4v) is 4.74. The lowest BCUT2D eigenvalue weighted by atomic mass is 10.1. The Bertz CT molecular complexity index is 1300. The largest absolute Gasteiger partial charge is 0.326 e. The zero-order valence-electron chi connectivity index (χ0n) is 17.6. The summed E-state index contributed by atoms with van der Waals surface area (Å²) < 4.78 is 25.8. The summed E-state index contributed by atoms with van der Waals surface area (Å²) in [4.78, 5) is 27.8. The number of sulfonamides is 1. The Balaban J connectivity index is 1.59. The van der Waals surface area contributed by atoms with E-state index >= 15 is 0 Å². The Labute approximate surface area is 196 Å². The van der Waals surface area contributed by atoms with Gasteiger partial charge in [-0.05, 0) is 36.4 Å². The second kappa shape index (κ2) is 10.8. The van der Waals surface area contributed by atoms with E-state index in [2.05, 4.69) is 16.4 Å². The summed E-state index contributed by atoms with van der Waals surface area (Å²) in [5.74, 6) is -0.549. The Morgan fingerprint density at radius 2 is 1.73 bits per heavy atom. The van der Waals surface area contributed by atoms with Gasteiger partial charge >= 0.3 is 0 Å². The highest BCUT2D eigenvalue weighted by atomic mass is 32.2. The van der Waals surface area contributed by atoms with Gasteiger partial charge in [-0.25, -0.2) is 18.1 Å². The van der Waals surface area contributed by atoms with E-state index in [1.807, 2.05) is 35.1 Å². The maximum Gasteiger partial charge on any atom is 0.264 e. The third-order valence-electron chi connectivity index (χ3n) is 4.34. The van der Waals surface area contributed by atoms with Gasteiger partial charge in [0.1, 0.15) is 11.1 Å². The molecule has 3 rings (SSSR count). The van der Waals surface area contributed by atoms with Crippen molar-refractivity contribution in [3.05, 3.63) is 72.3 Å². The van der Waals surface area contributed by atoms with Crippen molar-refractivity contribution in [3.63, 3.8) is 0 Å². The maximum atomic E-state index is 12.3. The predicted molar refractivity (Wildman–Crippen MR) is 126 cm³/mol. The molecule has 8 nitrogen and oxygen atoms in total. The number of anilines is 1. The summed E-state index contributed by atoms with van der Waals surface area (Å²) in [6.45, 7) is 1.11. The standard InChI is InChI=1S/C23H20N4O4S2/c1-16(28)27-33(30,31)20-10-8-19(9-11-20)25-22(29)13-14-32-23-18(15-24)7-12-21(26-23)17-5-3-2-4-6-17/h2-12H,13-14H2,1H3,(H,25,29)(H,27,28). The first kappa shape index (κ1) is 24.0. The fraction of sp³-hybridized carbons (Fsp3) is 0.130. The van der Waals surface area contributed by atoms with Gasteiger partial charge in [-0.1, -0.05) is 30.3 Å². The van der Waals surface area contributed by atoms with Gasteiger partial charge in [-0.15, -0.1) is 11.8 Å². The first-order valence-corrected chi connectivity index (χ1v) is 12.3. The molecule has 0 unspecified atom stereocenters. The zero-order valence-corrected chi connectivity index (χ0v) is 19.2. The van der Waals surface area contributed by atoms with Crippen molar-refractivity contribution in [2.45, 2.75) is 23.3 Å². The molecule has 168 valence electrons. The predicted octanol–water partition coefficient (Wildman–Crippen LogP) is 3.57. The van der Waals surface area contributed by atoms with Crippen LogP contribution < -0.4 is 10.0 Å². The summed E-state index contributed by atoms with van der Waals surface area (Å²) in [5, 5.41) is 12.6. The van der Waals surface area contributed by atoms with Crippen molar-refractivity contribution in [3.8, 4) is 17.3 Å². The molecular weight excluding hydrogens is 460 g/mol. The number of amides is 2. The van der Waals surface area contributed by atoms with Crippen molar-refractivity contribution < 1.29 is 18.0 Å². The van der Waals surface area contributed by atoms with Crippen LogP contribution in [-0.4, -0.2) is 31.0 Å². The van der Waals surface area contributed by atoms with Gasteiger partial charge in [0.25, 0.3) is 10.0 Å². The number of benzene rings is 2. The van der Waals surface area contributed by atoms with E-state index < -0.39 is 15.9 Å². The summed E-state index contributed by atoms with van der Waals surface area (Å²) in [6, 6.07) is 20.7. The lowest BCUT2D eigenvalue weighted by molar-refractivity contribution is -0.117. The number of nitriles is 1. The van der Waals surface area contributed by atoms with Crippen LogP contribution in [0.4, 0.5) is 5.69 Å². The highest BCUT2D eigenvalue weighted by molar-refractivity contribution is 7.99. The van der Waals surface area contributed by atoms with Crippen LogP contribution >= 0.6 is 11.8 Å². The van der Waals surface area contributed by atoms with Crippen LogP contribution in [0.15, 0.2) is 76.7 Å². The molecule has 0 saturated carbocycles. The smallest absolute Gasteiger partial charge is 0.264 e. The summed E-state index contributed by atoms with van der Waals surface area (Å²) >= 11 is 1.32. The number of aromatic nitrogens is 1. The van der Waals surface area contributed by atoms with Gasteiger partial charge in [0.15, 0.2) is 0 Å². The quantitative estimate of drug-likeness (QED) is 0.472.